The third kappa shape index (κ3) is 5.62. The van der Waals surface area contributed by atoms with Crippen LogP contribution in [0, 0.1) is 5.92 Å². The molecular formula is C11H22N2O2. The number of carbonyl (C=O) groups excluding carboxylic acids is 1. The lowest BCUT2D eigenvalue weighted by Gasteiger charge is -2.24. The lowest BCUT2D eigenvalue weighted by atomic mass is 10.0. The molecule has 0 spiro atoms. The summed E-state index contributed by atoms with van der Waals surface area (Å²) in [7, 11) is 0. The Hall–Kier alpha value is -0.770. The Balaban J connectivity index is 2.15. The van der Waals surface area contributed by atoms with Gasteiger partial charge in [0.05, 0.1) is 6.61 Å². The van der Waals surface area contributed by atoms with Crippen LogP contribution in [0.3, 0.4) is 0 Å². The second-order valence-corrected chi connectivity index (χ2v) is 5.17. The minimum Gasteiger partial charge on any atom is -0.381 e. The van der Waals surface area contributed by atoms with Gasteiger partial charge >= 0.3 is 6.03 Å². The van der Waals surface area contributed by atoms with Crippen molar-refractivity contribution in [3.05, 3.63) is 0 Å². The van der Waals surface area contributed by atoms with Crippen molar-refractivity contribution in [1.82, 2.24) is 10.6 Å². The highest BCUT2D eigenvalue weighted by atomic mass is 16.5. The SMILES string of the molecule is CC(C)(C)NC(=O)NCC1CCCOC1. The monoisotopic (exact) mass is 214 g/mol. The summed E-state index contributed by atoms with van der Waals surface area (Å²) < 4.78 is 5.34. The van der Waals surface area contributed by atoms with E-state index in [1.165, 1.54) is 0 Å². The molecule has 1 saturated heterocycles. The number of hydrogen-bond acceptors (Lipinski definition) is 2. The fourth-order valence-electron chi connectivity index (χ4n) is 1.59. The Morgan fingerprint density at radius 2 is 2.20 bits per heavy atom. The van der Waals surface area contributed by atoms with Crippen molar-refractivity contribution >= 4 is 6.03 Å². The molecule has 0 saturated carbocycles. The standard InChI is InChI=1S/C11H22N2O2/c1-11(2,3)13-10(14)12-7-9-5-4-6-15-8-9/h9H,4-8H2,1-3H3,(H2,12,13,14). The van der Waals surface area contributed by atoms with Gasteiger partial charge in [-0.05, 0) is 39.5 Å². The Bertz CT molecular complexity index is 205. The number of amides is 2. The van der Waals surface area contributed by atoms with Crippen LogP contribution >= 0.6 is 0 Å². The van der Waals surface area contributed by atoms with Crippen molar-refractivity contribution in [3.8, 4) is 0 Å². The zero-order valence-electron chi connectivity index (χ0n) is 9.93. The fraction of sp³-hybridized carbons (Fsp3) is 0.909. The van der Waals surface area contributed by atoms with E-state index in [1.807, 2.05) is 20.8 Å². The number of nitrogens with one attached hydrogen (secondary N) is 2. The first kappa shape index (κ1) is 12.3. The molecule has 1 atom stereocenters. The van der Waals surface area contributed by atoms with Gasteiger partial charge in [0.2, 0.25) is 0 Å². The zero-order valence-corrected chi connectivity index (χ0v) is 9.93. The van der Waals surface area contributed by atoms with Crippen molar-refractivity contribution in [3.63, 3.8) is 0 Å². The van der Waals surface area contributed by atoms with Crippen molar-refractivity contribution in [2.75, 3.05) is 19.8 Å². The number of rotatable bonds is 2. The molecule has 0 aromatic carbocycles. The van der Waals surface area contributed by atoms with Crippen LogP contribution in [-0.4, -0.2) is 31.3 Å². The smallest absolute Gasteiger partial charge is 0.315 e. The molecule has 0 aromatic rings. The summed E-state index contributed by atoms with van der Waals surface area (Å²) in [5, 5.41) is 5.75. The molecular weight excluding hydrogens is 192 g/mol. The summed E-state index contributed by atoms with van der Waals surface area (Å²) >= 11 is 0. The first-order valence-corrected chi connectivity index (χ1v) is 5.61. The maximum Gasteiger partial charge on any atom is 0.315 e. The van der Waals surface area contributed by atoms with E-state index in [2.05, 4.69) is 10.6 Å². The van der Waals surface area contributed by atoms with Gasteiger partial charge in [-0.1, -0.05) is 0 Å². The van der Waals surface area contributed by atoms with Crippen LogP contribution in [0.4, 0.5) is 4.79 Å². The highest BCUT2D eigenvalue weighted by Crippen LogP contribution is 2.12. The molecule has 1 aliphatic rings. The van der Waals surface area contributed by atoms with Gasteiger partial charge < -0.3 is 15.4 Å². The predicted molar refractivity (Wildman–Crippen MR) is 59.8 cm³/mol. The van der Waals surface area contributed by atoms with E-state index in [-0.39, 0.29) is 11.6 Å². The third-order valence-electron chi connectivity index (χ3n) is 2.29. The molecule has 2 N–H and O–H groups in total. The number of hydrogen-bond donors (Lipinski definition) is 2. The second kappa shape index (κ2) is 5.35. The van der Waals surface area contributed by atoms with Crippen LogP contribution in [0.15, 0.2) is 0 Å². The van der Waals surface area contributed by atoms with Crippen molar-refractivity contribution in [2.45, 2.75) is 39.2 Å². The van der Waals surface area contributed by atoms with E-state index in [4.69, 9.17) is 4.74 Å². The molecule has 1 aliphatic heterocycles. The van der Waals surface area contributed by atoms with Gasteiger partial charge in [-0.3, -0.25) is 0 Å². The van der Waals surface area contributed by atoms with E-state index in [0.717, 1.165) is 26.1 Å². The summed E-state index contributed by atoms with van der Waals surface area (Å²) in [5.74, 6) is 0.476. The topological polar surface area (TPSA) is 50.4 Å². The third-order valence-corrected chi connectivity index (χ3v) is 2.29. The number of carbonyl (C=O) groups is 1. The normalized spacial score (nSPS) is 22.2. The molecule has 15 heavy (non-hydrogen) atoms. The average Bonchev–Trinajstić information content (AvgIpc) is 2.14. The van der Waals surface area contributed by atoms with Gasteiger partial charge in [0.1, 0.15) is 0 Å². The van der Waals surface area contributed by atoms with Gasteiger partial charge in [0.15, 0.2) is 0 Å². The molecule has 4 nitrogen and oxygen atoms in total. The maximum atomic E-state index is 11.4. The average molecular weight is 214 g/mol. The van der Waals surface area contributed by atoms with Crippen molar-refractivity contribution in [1.29, 1.82) is 0 Å². The number of urea groups is 1. The van der Waals surface area contributed by atoms with E-state index < -0.39 is 0 Å². The molecule has 88 valence electrons. The fourth-order valence-corrected chi connectivity index (χ4v) is 1.59. The quantitative estimate of drug-likeness (QED) is 0.732. The van der Waals surface area contributed by atoms with Gasteiger partial charge in [-0.2, -0.15) is 0 Å². The van der Waals surface area contributed by atoms with E-state index in [0.29, 0.717) is 12.5 Å². The first-order chi connectivity index (χ1) is 6.97. The highest BCUT2D eigenvalue weighted by Gasteiger charge is 2.17. The van der Waals surface area contributed by atoms with Gasteiger partial charge in [-0.15, -0.1) is 0 Å². The summed E-state index contributed by atoms with van der Waals surface area (Å²) in [4.78, 5) is 11.4. The van der Waals surface area contributed by atoms with Gasteiger partial charge in [0.25, 0.3) is 0 Å². The Labute approximate surface area is 91.8 Å². The van der Waals surface area contributed by atoms with Crippen LogP contribution in [0.5, 0.6) is 0 Å². The molecule has 0 radical (unpaired) electrons. The summed E-state index contributed by atoms with van der Waals surface area (Å²) in [6, 6.07) is -0.0897. The first-order valence-electron chi connectivity index (χ1n) is 5.61. The van der Waals surface area contributed by atoms with E-state index in [9.17, 15) is 4.79 Å². The molecule has 1 rings (SSSR count). The second-order valence-electron chi connectivity index (χ2n) is 5.17. The summed E-state index contributed by atoms with van der Waals surface area (Å²) in [5.41, 5.74) is -0.173. The summed E-state index contributed by atoms with van der Waals surface area (Å²) in [6.07, 6.45) is 2.25. The lowest BCUT2D eigenvalue weighted by molar-refractivity contribution is 0.0557. The maximum absolute atomic E-state index is 11.4. The molecule has 2 amide bonds. The Kier molecular flexibility index (Phi) is 4.39. The molecule has 1 unspecified atom stereocenters. The minimum atomic E-state index is -0.173. The van der Waals surface area contributed by atoms with Crippen molar-refractivity contribution in [2.24, 2.45) is 5.92 Å². The molecule has 1 heterocycles. The Morgan fingerprint density at radius 3 is 2.73 bits per heavy atom. The van der Waals surface area contributed by atoms with Crippen LogP contribution < -0.4 is 10.6 Å². The summed E-state index contributed by atoms with van der Waals surface area (Å²) in [6.45, 7) is 8.26. The van der Waals surface area contributed by atoms with E-state index >= 15 is 0 Å². The molecule has 0 bridgehead atoms. The highest BCUT2D eigenvalue weighted by molar-refractivity contribution is 5.74. The molecule has 0 aliphatic carbocycles. The van der Waals surface area contributed by atoms with Crippen LogP contribution in [0.1, 0.15) is 33.6 Å². The van der Waals surface area contributed by atoms with Crippen LogP contribution in [0.2, 0.25) is 0 Å². The van der Waals surface area contributed by atoms with Gasteiger partial charge in [-0.25, -0.2) is 4.79 Å². The van der Waals surface area contributed by atoms with Gasteiger partial charge in [0, 0.05) is 18.7 Å². The molecule has 0 aromatic heterocycles. The lowest BCUT2D eigenvalue weighted by Crippen LogP contribution is -2.48. The predicted octanol–water partition coefficient (Wildman–Crippen LogP) is 1.51. The minimum absolute atomic E-state index is 0.0897. The van der Waals surface area contributed by atoms with E-state index in [1.54, 1.807) is 0 Å². The van der Waals surface area contributed by atoms with Crippen LogP contribution in [0.25, 0.3) is 0 Å². The zero-order chi connectivity index (χ0) is 11.3. The molecule has 1 fully saturated rings. The Morgan fingerprint density at radius 1 is 1.47 bits per heavy atom. The number of ether oxygens (including phenoxy) is 1. The van der Waals surface area contributed by atoms with Crippen LogP contribution in [-0.2, 0) is 4.74 Å². The largest absolute Gasteiger partial charge is 0.381 e. The van der Waals surface area contributed by atoms with Crippen molar-refractivity contribution < 1.29 is 9.53 Å². The molecule has 4 heteroatoms.